The lowest BCUT2D eigenvalue weighted by Gasteiger charge is -2.14. The van der Waals surface area contributed by atoms with Gasteiger partial charge in [0.2, 0.25) is 0 Å². The Hall–Kier alpha value is -1.34. The van der Waals surface area contributed by atoms with Crippen LogP contribution in [-0.4, -0.2) is 41.4 Å². The summed E-state index contributed by atoms with van der Waals surface area (Å²) in [4.78, 5) is 23.9. The molecule has 0 aliphatic rings. The number of hydrogen-bond donors (Lipinski definition) is 3. The molecule has 20 heavy (non-hydrogen) atoms. The quantitative estimate of drug-likeness (QED) is 0.675. The number of thioether (sulfide) groups is 2. The Morgan fingerprint density at radius 1 is 1.35 bits per heavy atom. The van der Waals surface area contributed by atoms with Crippen LogP contribution in [-0.2, 0) is 4.79 Å². The topological polar surface area (TPSA) is 78.4 Å². The Kier molecular flexibility index (Phi) is 7.32. The molecule has 0 unspecified atom stereocenters. The van der Waals surface area contributed by atoms with E-state index in [2.05, 4.69) is 10.6 Å². The second-order valence-electron chi connectivity index (χ2n) is 4.00. The van der Waals surface area contributed by atoms with Crippen LogP contribution in [0.1, 0.15) is 6.42 Å². The van der Waals surface area contributed by atoms with Gasteiger partial charge in [0.05, 0.1) is 0 Å². The molecule has 3 N–H and O–H groups in total. The van der Waals surface area contributed by atoms with E-state index in [1.165, 1.54) is 0 Å². The Morgan fingerprint density at radius 3 is 2.70 bits per heavy atom. The molecule has 0 aromatic heterocycles. The van der Waals surface area contributed by atoms with Crippen molar-refractivity contribution in [2.75, 3.05) is 23.6 Å². The number of carboxylic acid groups (broad SMARTS) is 1. The van der Waals surface area contributed by atoms with E-state index in [1.807, 2.05) is 30.7 Å². The second kappa shape index (κ2) is 8.76. The molecule has 2 amide bonds. The van der Waals surface area contributed by atoms with E-state index in [0.717, 1.165) is 4.90 Å². The highest BCUT2D eigenvalue weighted by atomic mass is 32.2. The third-order valence-electron chi connectivity index (χ3n) is 2.54. The largest absolute Gasteiger partial charge is 0.480 e. The minimum atomic E-state index is -1.02. The van der Waals surface area contributed by atoms with E-state index in [1.54, 1.807) is 29.6 Å². The van der Waals surface area contributed by atoms with Crippen LogP contribution in [0, 0.1) is 0 Å². The van der Waals surface area contributed by atoms with Crippen LogP contribution in [0.5, 0.6) is 0 Å². The average molecular weight is 314 g/mol. The van der Waals surface area contributed by atoms with Crippen LogP contribution < -0.4 is 10.6 Å². The zero-order valence-electron chi connectivity index (χ0n) is 11.4. The van der Waals surface area contributed by atoms with Crippen LogP contribution in [0.25, 0.3) is 0 Å². The van der Waals surface area contributed by atoms with E-state index < -0.39 is 18.0 Å². The summed E-state index contributed by atoms with van der Waals surface area (Å²) in [6.07, 6.45) is 4.24. The van der Waals surface area contributed by atoms with Crippen molar-refractivity contribution >= 4 is 41.2 Å². The summed E-state index contributed by atoms with van der Waals surface area (Å²) in [5, 5.41) is 14.2. The zero-order chi connectivity index (χ0) is 15.0. The van der Waals surface area contributed by atoms with Gasteiger partial charge in [0.1, 0.15) is 6.04 Å². The van der Waals surface area contributed by atoms with Crippen molar-refractivity contribution < 1.29 is 14.7 Å². The fraction of sp³-hybridized carbons (Fsp3) is 0.385. The highest BCUT2D eigenvalue weighted by Crippen LogP contribution is 2.18. The van der Waals surface area contributed by atoms with Crippen LogP contribution in [0.3, 0.4) is 0 Å². The molecule has 7 heteroatoms. The standard InChI is InChI=1S/C13H18N2O3S2/c1-19-7-6-11(12(16)17)15-13(18)14-9-4-3-5-10(8-9)20-2/h3-5,8,11H,6-7H2,1-2H3,(H,16,17)(H2,14,15,18)/t11-/m0/s1. The summed E-state index contributed by atoms with van der Waals surface area (Å²) in [6, 6.07) is 6.00. The highest BCUT2D eigenvalue weighted by Gasteiger charge is 2.19. The molecule has 0 bridgehead atoms. The maximum Gasteiger partial charge on any atom is 0.326 e. The van der Waals surface area contributed by atoms with Gasteiger partial charge in [-0.15, -0.1) is 11.8 Å². The molecule has 1 rings (SSSR count). The molecule has 0 spiro atoms. The predicted octanol–water partition coefficient (Wildman–Crippen LogP) is 2.74. The fourth-order valence-electron chi connectivity index (χ4n) is 1.52. The smallest absolute Gasteiger partial charge is 0.326 e. The van der Waals surface area contributed by atoms with E-state index >= 15 is 0 Å². The molecule has 5 nitrogen and oxygen atoms in total. The molecule has 0 saturated heterocycles. The number of carbonyl (C=O) groups excluding carboxylic acids is 1. The molecule has 0 radical (unpaired) electrons. The number of carboxylic acids is 1. The summed E-state index contributed by atoms with van der Waals surface area (Å²) in [6.45, 7) is 0. The van der Waals surface area contributed by atoms with Gasteiger partial charge in [0, 0.05) is 10.6 Å². The van der Waals surface area contributed by atoms with Gasteiger partial charge >= 0.3 is 12.0 Å². The third kappa shape index (κ3) is 5.75. The van der Waals surface area contributed by atoms with Crippen LogP contribution in [0.4, 0.5) is 10.5 Å². The lowest BCUT2D eigenvalue weighted by molar-refractivity contribution is -0.139. The van der Waals surface area contributed by atoms with Crippen LogP contribution >= 0.6 is 23.5 Å². The SMILES string of the molecule is CSCC[C@H](NC(=O)Nc1cccc(SC)c1)C(=O)O. The van der Waals surface area contributed by atoms with Crippen LogP contribution in [0.2, 0.25) is 0 Å². The number of carbonyl (C=O) groups is 2. The van der Waals surface area contributed by atoms with Crippen molar-refractivity contribution in [1.29, 1.82) is 0 Å². The Labute approximate surface area is 126 Å². The monoisotopic (exact) mass is 314 g/mol. The predicted molar refractivity (Wildman–Crippen MR) is 84.8 cm³/mol. The summed E-state index contributed by atoms with van der Waals surface area (Å²) in [7, 11) is 0. The maximum atomic E-state index is 11.8. The molecule has 1 atom stereocenters. The molecule has 110 valence electrons. The van der Waals surface area contributed by atoms with E-state index in [0.29, 0.717) is 17.9 Å². The summed E-state index contributed by atoms with van der Waals surface area (Å²) >= 11 is 3.12. The number of anilines is 1. The number of amides is 2. The molecule has 0 saturated carbocycles. The minimum Gasteiger partial charge on any atom is -0.480 e. The first kappa shape index (κ1) is 16.7. The third-order valence-corrected chi connectivity index (χ3v) is 3.91. The van der Waals surface area contributed by atoms with Gasteiger partial charge in [-0.2, -0.15) is 11.8 Å². The van der Waals surface area contributed by atoms with Gasteiger partial charge in [-0.05, 0) is 42.9 Å². The van der Waals surface area contributed by atoms with Gasteiger partial charge < -0.3 is 15.7 Å². The molecule has 0 heterocycles. The first-order chi connectivity index (χ1) is 9.56. The van der Waals surface area contributed by atoms with Gasteiger partial charge in [0.15, 0.2) is 0 Å². The van der Waals surface area contributed by atoms with Crippen LogP contribution in [0.15, 0.2) is 29.2 Å². The number of benzene rings is 1. The van der Waals surface area contributed by atoms with Crippen molar-refractivity contribution in [2.24, 2.45) is 0 Å². The molecule has 0 fully saturated rings. The maximum absolute atomic E-state index is 11.8. The number of rotatable bonds is 7. The summed E-state index contributed by atoms with van der Waals surface area (Å²) in [5.41, 5.74) is 0.642. The minimum absolute atomic E-state index is 0.398. The second-order valence-corrected chi connectivity index (χ2v) is 5.87. The van der Waals surface area contributed by atoms with E-state index in [9.17, 15) is 9.59 Å². The molecular weight excluding hydrogens is 296 g/mol. The van der Waals surface area contributed by atoms with Gasteiger partial charge in [0.25, 0.3) is 0 Å². The number of hydrogen-bond acceptors (Lipinski definition) is 4. The van der Waals surface area contributed by atoms with E-state index in [-0.39, 0.29) is 0 Å². The van der Waals surface area contributed by atoms with Crippen molar-refractivity contribution in [1.82, 2.24) is 5.32 Å². The van der Waals surface area contributed by atoms with Crippen molar-refractivity contribution in [3.8, 4) is 0 Å². The molecular formula is C13H18N2O3S2. The lowest BCUT2D eigenvalue weighted by Crippen LogP contribution is -2.43. The number of nitrogens with one attached hydrogen (secondary N) is 2. The average Bonchev–Trinajstić information content (AvgIpc) is 2.43. The summed E-state index contributed by atoms with van der Waals surface area (Å²) in [5.74, 6) is -0.341. The van der Waals surface area contributed by atoms with Gasteiger partial charge in [-0.1, -0.05) is 6.07 Å². The molecule has 0 aliphatic heterocycles. The highest BCUT2D eigenvalue weighted by molar-refractivity contribution is 7.98. The Morgan fingerprint density at radius 2 is 2.10 bits per heavy atom. The number of aliphatic carboxylic acids is 1. The summed E-state index contributed by atoms with van der Waals surface area (Å²) < 4.78 is 0. The van der Waals surface area contributed by atoms with Gasteiger partial charge in [-0.3, -0.25) is 0 Å². The lowest BCUT2D eigenvalue weighted by atomic mass is 10.2. The molecule has 0 aliphatic carbocycles. The molecule has 1 aromatic carbocycles. The first-order valence-corrected chi connectivity index (χ1v) is 8.62. The number of urea groups is 1. The fourth-order valence-corrected chi connectivity index (χ4v) is 2.45. The Bertz CT molecular complexity index is 469. The first-order valence-electron chi connectivity index (χ1n) is 6.00. The van der Waals surface area contributed by atoms with E-state index in [4.69, 9.17) is 5.11 Å². The van der Waals surface area contributed by atoms with Crippen molar-refractivity contribution in [3.63, 3.8) is 0 Å². The normalized spacial score (nSPS) is 11.7. The van der Waals surface area contributed by atoms with Crippen molar-refractivity contribution in [3.05, 3.63) is 24.3 Å². The zero-order valence-corrected chi connectivity index (χ0v) is 13.0. The van der Waals surface area contributed by atoms with Gasteiger partial charge in [-0.25, -0.2) is 9.59 Å². The van der Waals surface area contributed by atoms with Crippen molar-refractivity contribution in [2.45, 2.75) is 17.4 Å². The molecule has 1 aromatic rings. The Balaban J connectivity index is 2.58.